The lowest BCUT2D eigenvalue weighted by Crippen LogP contribution is -2.15. The number of amides is 1. The average Bonchev–Trinajstić information content (AvgIpc) is 2.97. The highest BCUT2D eigenvalue weighted by molar-refractivity contribution is 7.98. The minimum Gasteiger partial charge on any atom is -0.310 e. The largest absolute Gasteiger partial charge is 0.310 e. The molecular weight excluding hydrogens is 302 g/mol. The maximum Gasteiger partial charge on any atom is 0.229 e. The van der Waals surface area contributed by atoms with Gasteiger partial charge in [0, 0.05) is 4.90 Å². The van der Waals surface area contributed by atoms with Crippen LogP contribution in [0.5, 0.6) is 0 Å². The minimum atomic E-state index is -0.0712. The van der Waals surface area contributed by atoms with Gasteiger partial charge in [-0.2, -0.15) is 0 Å². The van der Waals surface area contributed by atoms with Crippen molar-refractivity contribution in [3.05, 3.63) is 47.6 Å². The predicted molar refractivity (Wildman–Crippen MR) is 88.0 cm³/mol. The van der Waals surface area contributed by atoms with Gasteiger partial charge in [-0.25, -0.2) is 9.97 Å². The van der Waals surface area contributed by atoms with Gasteiger partial charge in [-0.05, 0) is 35.4 Å². The molecule has 0 fully saturated rings. The van der Waals surface area contributed by atoms with E-state index in [1.165, 1.54) is 22.6 Å². The fourth-order valence-corrected chi connectivity index (χ4v) is 3.14. The monoisotopic (exact) mass is 315 g/mol. The average molecular weight is 315 g/mol. The van der Waals surface area contributed by atoms with Crippen molar-refractivity contribution in [1.29, 1.82) is 0 Å². The van der Waals surface area contributed by atoms with E-state index in [4.69, 9.17) is 0 Å². The number of anilines is 1. The molecule has 3 aromatic rings. The summed E-state index contributed by atoms with van der Waals surface area (Å²) in [6.07, 6.45) is 3.84. The molecule has 21 heavy (non-hydrogen) atoms. The SMILES string of the molecule is CSc1ccc(CC(=O)Nc2ncnc3sccc23)cc1. The summed E-state index contributed by atoms with van der Waals surface area (Å²) in [5.41, 5.74) is 0.987. The van der Waals surface area contributed by atoms with Crippen LogP contribution < -0.4 is 5.32 Å². The summed E-state index contributed by atoms with van der Waals surface area (Å²) in [5, 5.41) is 5.68. The summed E-state index contributed by atoms with van der Waals surface area (Å²) in [7, 11) is 0. The first kappa shape index (κ1) is 14.0. The van der Waals surface area contributed by atoms with Gasteiger partial charge < -0.3 is 5.32 Å². The fourth-order valence-electron chi connectivity index (χ4n) is 1.99. The van der Waals surface area contributed by atoms with Crippen LogP contribution in [0, 0.1) is 0 Å². The third-order valence-electron chi connectivity index (χ3n) is 3.04. The number of carbonyl (C=O) groups is 1. The van der Waals surface area contributed by atoms with Crippen LogP contribution in [0.25, 0.3) is 10.2 Å². The number of fused-ring (bicyclic) bond motifs is 1. The number of rotatable bonds is 4. The smallest absolute Gasteiger partial charge is 0.229 e. The molecule has 3 rings (SSSR count). The Labute approximate surface area is 130 Å². The zero-order chi connectivity index (χ0) is 14.7. The van der Waals surface area contributed by atoms with Crippen molar-refractivity contribution in [1.82, 2.24) is 9.97 Å². The van der Waals surface area contributed by atoms with E-state index < -0.39 is 0 Å². The highest BCUT2D eigenvalue weighted by Gasteiger charge is 2.09. The quantitative estimate of drug-likeness (QED) is 0.748. The lowest BCUT2D eigenvalue weighted by atomic mass is 10.1. The van der Waals surface area contributed by atoms with Crippen molar-refractivity contribution in [3.63, 3.8) is 0 Å². The first-order valence-corrected chi connectivity index (χ1v) is 8.47. The Hall–Kier alpha value is -1.92. The molecule has 1 N–H and O–H groups in total. The lowest BCUT2D eigenvalue weighted by molar-refractivity contribution is -0.115. The molecule has 0 unspecified atom stereocenters. The zero-order valence-corrected chi connectivity index (χ0v) is 13.0. The molecule has 1 amide bonds. The molecular formula is C15H13N3OS2. The summed E-state index contributed by atoms with van der Waals surface area (Å²) in [6.45, 7) is 0. The summed E-state index contributed by atoms with van der Waals surface area (Å²) in [5.74, 6) is 0.505. The number of aromatic nitrogens is 2. The van der Waals surface area contributed by atoms with E-state index in [-0.39, 0.29) is 5.91 Å². The third-order valence-corrected chi connectivity index (χ3v) is 4.61. The van der Waals surface area contributed by atoms with Crippen LogP contribution in [0.4, 0.5) is 5.82 Å². The normalized spacial score (nSPS) is 10.7. The molecule has 0 saturated carbocycles. The van der Waals surface area contributed by atoms with Gasteiger partial charge in [-0.1, -0.05) is 12.1 Å². The van der Waals surface area contributed by atoms with Crippen molar-refractivity contribution < 1.29 is 4.79 Å². The topological polar surface area (TPSA) is 54.9 Å². The molecule has 2 heterocycles. The molecule has 0 spiro atoms. The summed E-state index contributed by atoms with van der Waals surface area (Å²) < 4.78 is 0. The molecule has 1 aromatic carbocycles. The molecule has 0 radical (unpaired) electrons. The van der Waals surface area contributed by atoms with E-state index in [1.807, 2.05) is 42.0 Å². The third kappa shape index (κ3) is 3.22. The van der Waals surface area contributed by atoms with E-state index in [2.05, 4.69) is 15.3 Å². The van der Waals surface area contributed by atoms with Crippen molar-refractivity contribution >= 4 is 45.0 Å². The highest BCUT2D eigenvalue weighted by atomic mass is 32.2. The van der Waals surface area contributed by atoms with Gasteiger partial charge in [-0.15, -0.1) is 23.1 Å². The molecule has 0 aliphatic heterocycles. The van der Waals surface area contributed by atoms with Gasteiger partial charge in [0.05, 0.1) is 11.8 Å². The summed E-state index contributed by atoms with van der Waals surface area (Å²) >= 11 is 3.22. The Bertz CT molecular complexity index is 768. The van der Waals surface area contributed by atoms with E-state index in [0.29, 0.717) is 12.2 Å². The molecule has 2 aromatic heterocycles. The standard InChI is InChI=1S/C15H13N3OS2/c1-20-11-4-2-10(3-5-11)8-13(19)18-14-12-6-7-21-15(12)17-9-16-14/h2-7,9H,8H2,1H3,(H,16,17,18,19). The second-order valence-corrected chi connectivity index (χ2v) is 6.21. The first-order chi connectivity index (χ1) is 10.3. The molecule has 106 valence electrons. The minimum absolute atomic E-state index is 0.0712. The van der Waals surface area contributed by atoms with E-state index in [1.54, 1.807) is 11.8 Å². The number of benzene rings is 1. The zero-order valence-electron chi connectivity index (χ0n) is 11.4. The van der Waals surface area contributed by atoms with Crippen molar-refractivity contribution in [3.8, 4) is 0 Å². The van der Waals surface area contributed by atoms with Crippen molar-refractivity contribution in [2.75, 3.05) is 11.6 Å². The van der Waals surface area contributed by atoms with Crippen LogP contribution in [0.2, 0.25) is 0 Å². The molecule has 0 aliphatic rings. The van der Waals surface area contributed by atoms with Crippen LogP contribution in [-0.4, -0.2) is 22.1 Å². The number of hydrogen-bond donors (Lipinski definition) is 1. The predicted octanol–water partition coefficient (Wildman–Crippen LogP) is 3.59. The Morgan fingerprint density at radius 2 is 2.05 bits per heavy atom. The van der Waals surface area contributed by atoms with Crippen LogP contribution >= 0.6 is 23.1 Å². The molecule has 0 bridgehead atoms. The summed E-state index contributed by atoms with van der Waals surface area (Å²) in [4.78, 5) is 22.5. The summed E-state index contributed by atoms with van der Waals surface area (Å²) in [6, 6.07) is 9.92. The molecule has 0 saturated heterocycles. The second-order valence-electron chi connectivity index (χ2n) is 4.43. The van der Waals surface area contributed by atoms with E-state index >= 15 is 0 Å². The number of nitrogens with one attached hydrogen (secondary N) is 1. The van der Waals surface area contributed by atoms with Crippen LogP contribution in [-0.2, 0) is 11.2 Å². The first-order valence-electron chi connectivity index (χ1n) is 6.37. The molecule has 6 heteroatoms. The Kier molecular flexibility index (Phi) is 4.17. The number of thioether (sulfide) groups is 1. The Morgan fingerprint density at radius 1 is 1.24 bits per heavy atom. The number of carbonyl (C=O) groups excluding carboxylic acids is 1. The Morgan fingerprint density at radius 3 is 2.81 bits per heavy atom. The number of nitrogens with zero attached hydrogens (tertiary/aromatic N) is 2. The number of thiophene rings is 1. The highest BCUT2D eigenvalue weighted by Crippen LogP contribution is 2.23. The fraction of sp³-hybridized carbons (Fsp3) is 0.133. The van der Waals surface area contributed by atoms with Gasteiger partial charge in [0.2, 0.25) is 5.91 Å². The van der Waals surface area contributed by atoms with Gasteiger partial charge in [0.15, 0.2) is 0 Å². The van der Waals surface area contributed by atoms with Crippen LogP contribution in [0.15, 0.2) is 46.9 Å². The van der Waals surface area contributed by atoms with Crippen molar-refractivity contribution in [2.45, 2.75) is 11.3 Å². The van der Waals surface area contributed by atoms with Gasteiger partial charge in [0.25, 0.3) is 0 Å². The van der Waals surface area contributed by atoms with Gasteiger partial charge in [-0.3, -0.25) is 4.79 Å². The maximum absolute atomic E-state index is 12.1. The maximum atomic E-state index is 12.1. The molecule has 0 atom stereocenters. The molecule has 4 nitrogen and oxygen atoms in total. The van der Waals surface area contributed by atoms with Crippen molar-refractivity contribution in [2.24, 2.45) is 0 Å². The van der Waals surface area contributed by atoms with Crippen LogP contribution in [0.3, 0.4) is 0 Å². The lowest BCUT2D eigenvalue weighted by Gasteiger charge is -2.06. The van der Waals surface area contributed by atoms with E-state index in [0.717, 1.165) is 15.8 Å². The van der Waals surface area contributed by atoms with Crippen LogP contribution in [0.1, 0.15) is 5.56 Å². The second kappa shape index (κ2) is 6.24. The Balaban J connectivity index is 1.72. The number of hydrogen-bond acceptors (Lipinski definition) is 5. The van der Waals surface area contributed by atoms with Gasteiger partial charge >= 0.3 is 0 Å². The molecule has 0 aliphatic carbocycles. The van der Waals surface area contributed by atoms with E-state index in [9.17, 15) is 4.79 Å². The van der Waals surface area contributed by atoms with Gasteiger partial charge in [0.1, 0.15) is 17.0 Å².